The third-order valence-corrected chi connectivity index (χ3v) is 6.35. The van der Waals surface area contributed by atoms with Gasteiger partial charge in [0.05, 0.1) is 5.69 Å². The van der Waals surface area contributed by atoms with Crippen molar-refractivity contribution >= 4 is 45.8 Å². The highest BCUT2D eigenvalue weighted by molar-refractivity contribution is 6.31. The molecule has 1 aliphatic heterocycles. The fourth-order valence-electron chi connectivity index (χ4n) is 4.38. The van der Waals surface area contributed by atoms with Gasteiger partial charge in [0.2, 0.25) is 11.8 Å². The third-order valence-electron chi connectivity index (χ3n) is 5.98. The maximum atomic E-state index is 13.6. The Hall–Kier alpha value is -3.38. The van der Waals surface area contributed by atoms with Crippen LogP contribution in [0, 0.1) is 0 Å². The second kappa shape index (κ2) is 9.63. The van der Waals surface area contributed by atoms with Crippen molar-refractivity contribution in [1.29, 1.82) is 0 Å². The van der Waals surface area contributed by atoms with Crippen LogP contribution in [0.15, 0.2) is 60.7 Å². The van der Waals surface area contributed by atoms with Gasteiger partial charge in [-0.3, -0.25) is 19.3 Å². The molecule has 1 atom stereocenters. The minimum Gasteiger partial charge on any atom is -0.355 e. The first-order valence-corrected chi connectivity index (χ1v) is 11.5. The predicted octanol–water partition coefficient (Wildman–Crippen LogP) is 4.40. The molecule has 33 heavy (non-hydrogen) atoms. The molecule has 0 saturated heterocycles. The molecule has 0 bridgehead atoms. The summed E-state index contributed by atoms with van der Waals surface area (Å²) < 4.78 is 0. The summed E-state index contributed by atoms with van der Waals surface area (Å²) in [4.78, 5) is 42.7. The molecule has 0 unspecified atom stereocenters. The number of likely N-dealkylation sites (N-methyl/N-ethyl adjacent to an activating group) is 1. The van der Waals surface area contributed by atoms with E-state index in [1.165, 1.54) is 9.80 Å². The molecule has 170 valence electrons. The molecule has 1 heterocycles. The van der Waals surface area contributed by atoms with Gasteiger partial charge in [0.15, 0.2) is 0 Å². The summed E-state index contributed by atoms with van der Waals surface area (Å²) >= 11 is 6.37. The Balaban J connectivity index is 1.67. The summed E-state index contributed by atoms with van der Waals surface area (Å²) in [5.41, 5.74) is 2.04. The second-order valence-electron chi connectivity index (χ2n) is 8.00. The zero-order valence-corrected chi connectivity index (χ0v) is 19.4. The van der Waals surface area contributed by atoms with Gasteiger partial charge in [-0.1, -0.05) is 61.0 Å². The number of nitrogens with zero attached hydrogens (tertiary/aromatic N) is 2. The van der Waals surface area contributed by atoms with E-state index in [4.69, 9.17) is 11.6 Å². The molecular weight excluding hydrogens is 438 g/mol. The van der Waals surface area contributed by atoms with Gasteiger partial charge in [-0.25, -0.2) is 0 Å². The van der Waals surface area contributed by atoms with Gasteiger partial charge in [0.1, 0.15) is 12.6 Å². The highest BCUT2D eigenvalue weighted by atomic mass is 35.5. The fourth-order valence-corrected chi connectivity index (χ4v) is 4.58. The summed E-state index contributed by atoms with van der Waals surface area (Å²) in [6.45, 7) is 4.18. The molecule has 3 aromatic carbocycles. The topological polar surface area (TPSA) is 69.7 Å². The van der Waals surface area contributed by atoms with E-state index in [1.54, 1.807) is 12.1 Å². The molecule has 4 rings (SSSR count). The minimum atomic E-state index is -0.676. The van der Waals surface area contributed by atoms with Crippen molar-refractivity contribution in [2.24, 2.45) is 0 Å². The Morgan fingerprint density at radius 2 is 1.76 bits per heavy atom. The number of hydrogen-bond acceptors (Lipinski definition) is 3. The highest BCUT2D eigenvalue weighted by Gasteiger charge is 2.35. The van der Waals surface area contributed by atoms with Crippen molar-refractivity contribution in [2.75, 3.05) is 18.0 Å². The first-order chi connectivity index (χ1) is 16.0. The molecule has 6 nitrogen and oxygen atoms in total. The lowest BCUT2D eigenvalue weighted by Gasteiger charge is -2.32. The summed E-state index contributed by atoms with van der Waals surface area (Å²) in [7, 11) is 0. The van der Waals surface area contributed by atoms with Crippen LogP contribution >= 0.6 is 11.6 Å². The number of rotatable bonds is 8. The van der Waals surface area contributed by atoms with Crippen LogP contribution in [0.25, 0.3) is 10.8 Å². The van der Waals surface area contributed by atoms with Crippen molar-refractivity contribution in [2.45, 2.75) is 32.9 Å². The van der Waals surface area contributed by atoms with Crippen LogP contribution in [-0.2, 0) is 16.1 Å². The van der Waals surface area contributed by atoms with E-state index in [9.17, 15) is 14.4 Å². The van der Waals surface area contributed by atoms with Crippen LogP contribution in [0.5, 0.6) is 0 Å². The smallest absolute Gasteiger partial charge is 0.259 e. The number of carbonyl (C=O) groups is 3. The molecule has 0 aromatic heterocycles. The van der Waals surface area contributed by atoms with Gasteiger partial charge in [-0.15, -0.1) is 0 Å². The quantitative estimate of drug-likeness (QED) is 0.538. The number of hydrogen-bond donors (Lipinski definition) is 1. The van der Waals surface area contributed by atoms with Crippen molar-refractivity contribution in [3.05, 3.63) is 76.8 Å². The van der Waals surface area contributed by atoms with E-state index in [0.29, 0.717) is 29.2 Å². The number of halogens is 1. The first kappa shape index (κ1) is 22.8. The molecule has 0 spiro atoms. The molecule has 0 fully saturated rings. The van der Waals surface area contributed by atoms with Crippen LogP contribution in [0.3, 0.4) is 0 Å². The van der Waals surface area contributed by atoms with Crippen LogP contribution in [-0.4, -0.2) is 41.8 Å². The largest absolute Gasteiger partial charge is 0.355 e. The zero-order valence-electron chi connectivity index (χ0n) is 18.7. The average Bonchev–Trinajstić information content (AvgIpc) is 3.08. The lowest BCUT2D eigenvalue weighted by Crippen LogP contribution is -2.52. The van der Waals surface area contributed by atoms with Crippen molar-refractivity contribution in [1.82, 2.24) is 10.2 Å². The number of nitrogens with one attached hydrogen (secondary N) is 1. The van der Waals surface area contributed by atoms with Gasteiger partial charge in [0.25, 0.3) is 5.91 Å². The fraction of sp³-hybridized carbons (Fsp3) is 0.269. The van der Waals surface area contributed by atoms with E-state index in [0.717, 1.165) is 16.3 Å². The predicted molar refractivity (Wildman–Crippen MR) is 130 cm³/mol. The van der Waals surface area contributed by atoms with Crippen molar-refractivity contribution in [3.8, 4) is 0 Å². The Labute approximate surface area is 198 Å². The maximum Gasteiger partial charge on any atom is 0.259 e. The van der Waals surface area contributed by atoms with Crippen LogP contribution in [0.1, 0.15) is 36.2 Å². The maximum absolute atomic E-state index is 13.6. The Kier molecular flexibility index (Phi) is 6.65. The molecule has 3 aromatic rings. The van der Waals surface area contributed by atoms with Gasteiger partial charge in [-0.05, 0) is 42.5 Å². The van der Waals surface area contributed by atoms with E-state index >= 15 is 0 Å². The molecule has 0 radical (unpaired) electrons. The highest BCUT2D eigenvalue weighted by Crippen LogP contribution is 2.37. The number of carbonyl (C=O) groups excluding carboxylic acids is 3. The molecule has 3 amide bonds. The zero-order chi connectivity index (χ0) is 23.5. The van der Waals surface area contributed by atoms with Gasteiger partial charge >= 0.3 is 0 Å². The molecule has 1 aliphatic rings. The third kappa shape index (κ3) is 4.31. The standard InChI is InChI=1S/C26H26ClN3O3/c1-3-21(25(32)28-4-2)29(15-18-9-5-6-13-20(18)27)23(31)16-30-22-14-8-11-17-10-7-12-19(24(17)22)26(30)33/h5-14,21H,3-4,15-16H2,1-2H3,(H,28,32)/t21-/m0/s1. The monoisotopic (exact) mass is 463 g/mol. The van der Waals surface area contributed by atoms with Crippen molar-refractivity contribution in [3.63, 3.8) is 0 Å². The summed E-state index contributed by atoms with van der Waals surface area (Å²) in [5, 5.41) is 5.15. The van der Waals surface area contributed by atoms with Crippen LogP contribution in [0.2, 0.25) is 5.02 Å². The Morgan fingerprint density at radius 1 is 1.03 bits per heavy atom. The first-order valence-electron chi connectivity index (χ1n) is 11.1. The Bertz CT molecular complexity index is 1220. The SMILES string of the molecule is CCNC(=O)[C@H](CC)N(Cc1ccccc1Cl)C(=O)CN1C(=O)c2cccc3cccc1c23. The number of anilines is 1. The average molecular weight is 464 g/mol. The summed E-state index contributed by atoms with van der Waals surface area (Å²) in [5.74, 6) is -0.747. The summed E-state index contributed by atoms with van der Waals surface area (Å²) in [6.07, 6.45) is 0.436. The second-order valence-corrected chi connectivity index (χ2v) is 8.41. The number of benzene rings is 3. The van der Waals surface area contributed by atoms with Gasteiger partial charge in [0, 0.05) is 29.1 Å². The minimum absolute atomic E-state index is 0.160. The van der Waals surface area contributed by atoms with Gasteiger partial charge in [-0.2, -0.15) is 0 Å². The Morgan fingerprint density at radius 3 is 2.45 bits per heavy atom. The van der Waals surface area contributed by atoms with E-state index in [2.05, 4.69) is 5.32 Å². The molecule has 1 N–H and O–H groups in total. The van der Waals surface area contributed by atoms with Gasteiger partial charge < -0.3 is 10.2 Å². The lowest BCUT2D eigenvalue weighted by atomic mass is 10.1. The van der Waals surface area contributed by atoms with Crippen molar-refractivity contribution < 1.29 is 14.4 Å². The van der Waals surface area contributed by atoms with E-state index < -0.39 is 6.04 Å². The van der Waals surface area contributed by atoms with Crippen LogP contribution in [0.4, 0.5) is 5.69 Å². The molecule has 0 aliphatic carbocycles. The van der Waals surface area contributed by atoms with E-state index in [1.807, 2.05) is 62.4 Å². The number of amides is 3. The molecular formula is C26H26ClN3O3. The summed E-state index contributed by atoms with van der Waals surface area (Å²) in [6, 6.07) is 17.8. The molecule has 7 heteroatoms. The van der Waals surface area contributed by atoms with Crippen LogP contribution < -0.4 is 10.2 Å². The lowest BCUT2D eigenvalue weighted by molar-refractivity contribution is -0.140. The molecule has 0 saturated carbocycles. The normalized spacial score (nSPS) is 13.3. The van der Waals surface area contributed by atoms with E-state index in [-0.39, 0.29) is 30.8 Å².